The second-order valence-corrected chi connectivity index (χ2v) is 7.31. The molecule has 0 saturated carbocycles. The van der Waals surface area contributed by atoms with Crippen molar-refractivity contribution in [3.8, 4) is 0 Å². The Labute approximate surface area is 137 Å². The summed E-state index contributed by atoms with van der Waals surface area (Å²) in [5.74, 6) is 0. The normalized spacial score (nSPS) is 12.8. The van der Waals surface area contributed by atoms with E-state index in [0.29, 0.717) is 6.04 Å². The topological polar surface area (TPSA) is 12.0 Å². The van der Waals surface area contributed by atoms with Crippen molar-refractivity contribution < 1.29 is 0 Å². The van der Waals surface area contributed by atoms with Gasteiger partial charge in [-0.3, -0.25) is 0 Å². The van der Waals surface area contributed by atoms with E-state index in [0.717, 1.165) is 6.54 Å². The van der Waals surface area contributed by atoms with Crippen LogP contribution in [0.1, 0.15) is 82.6 Å². The molecule has 1 aromatic rings. The Morgan fingerprint density at radius 2 is 1.70 bits per heavy atom. The summed E-state index contributed by atoms with van der Waals surface area (Å²) in [6, 6.07) is 2.70. The molecular formula is C17H30BrNS. The lowest BCUT2D eigenvalue weighted by molar-refractivity contribution is 0.479. The summed E-state index contributed by atoms with van der Waals surface area (Å²) in [6.45, 7) is 5.53. The molecule has 1 N–H and O–H groups in total. The Morgan fingerprint density at radius 3 is 2.25 bits per heavy atom. The molecule has 0 aliphatic rings. The fraction of sp³-hybridized carbons (Fsp3) is 0.765. The van der Waals surface area contributed by atoms with Gasteiger partial charge in [-0.25, -0.2) is 0 Å². The van der Waals surface area contributed by atoms with Gasteiger partial charge in [-0.15, -0.1) is 11.3 Å². The van der Waals surface area contributed by atoms with Crippen LogP contribution in [0.15, 0.2) is 15.9 Å². The minimum atomic E-state index is 0.537. The molecule has 1 heterocycles. The molecule has 0 aliphatic heterocycles. The van der Waals surface area contributed by atoms with E-state index in [1.807, 2.05) is 11.3 Å². The molecule has 0 spiro atoms. The summed E-state index contributed by atoms with van der Waals surface area (Å²) in [5, 5.41) is 5.80. The number of hydrogen-bond acceptors (Lipinski definition) is 2. The predicted molar refractivity (Wildman–Crippen MR) is 95.7 cm³/mol. The molecule has 0 aromatic carbocycles. The van der Waals surface area contributed by atoms with Gasteiger partial charge in [0.05, 0.1) is 0 Å². The van der Waals surface area contributed by atoms with E-state index in [1.54, 1.807) is 0 Å². The Balaban J connectivity index is 2.16. The molecular weight excluding hydrogens is 330 g/mol. The van der Waals surface area contributed by atoms with Gasteiger partial charge in [0.2, 0.25) is 0 Å². The standard InChI is InChI=1S/C17H30BrNS/c1-3-5-6-7-8-9-10-11-12-16(19-4-2)17-15(18)13-14-20-17/h13-14,16,19H,3-12H2,1-2H3. The first kappa shape index (κ1) is 18.2. The molecule has 116 valence electrons. The monoisotopic (exact) mass is 359 g/mol. The maximum atomic E-state index is 3.67. The van der Waals surface area contributed by atoms with Crippen LogP contribution in [0.5, 0.6) is 0 Å². The van der Waals surface area contributed by atoms with E-state index in [9.17, 15) is 0 Å². The number of halogens is 1. The molecule has 1 nitrogen and oxygen atoms in total. The number of hydrogen-bond donors (Lipinski definition) is 1. The van der Waals surface area contributed by atoms with Crippen molar-refractivity contribution in [1.82, 2.24) is 5.32 Å². The molecule has 1 aromatic heterocycles. The molecule has 1 atom stereocenters. The van der Waals surface area contributed by atoms with Gasteiger partial charge in [0.15, 0.2) is 0 Å². The molecule has 1 rings (SSSR count). The molecule has 0 aliphatic carbocycles. The first-order chi connectivity index (χ1) is 9.79. The van der Waals surface area contributed by atoms with Crippen LogP contribution in [-0.2, 0) is 0 Å². The number of rotatable bonds is 12. The van der Waals surface area contributed by atoms with Crippen LogP contribution in [0.2, 0.25) is 0 Å². The van der Waals surface area contributed by atoms with Gasteiger partial charge in [-0.2, -0.15) is 0 Å². The SMILES string of the molecule is CCCCCCCCCCC(NCC)c1sccc1Br. The molecule has 0 saturated heterocycles. The fourth-order valence-electron chi connectivity index (χ4n) is 2.61. The van der Waals surface area contributed by atoms with Gasteiger partial charge in [-0.05, 0) is 40.3 Å². The first-order valence-corrected chi connectivity index (χ1v) is 9.93. The Hall–Kier alpha value is 0.140. The highest BCUT2D eigenvalue weighted by atomic mass is 79.9. The van der Waals surface area contributed by atoms with Gasteiger partial charge < -0.3 is 5.32 Å². The van der Waals surface area contributed by atoms with Crippen molar-refractivity contribution in [2.24, 2.45) is 0 Å². The van der Waals surface area contributed by atoms with Crippen LogP contribution < -0.4 is 5.32 Å². The lowest BCUT2D eigenvalue weighted by atomic mass is 10.0. The highest BCUT2D eigenvalue weighted by Gasteiger charge is 2.14. The Bertz CT molecular complexity index is 337. The van der Waals surface area contributed by atoms with E-state index >= 15 is 0 Å². The third kappa shape index (κ3) is 7.24. The van der Waals surface area contributed by atoms with Crippen molar-refractivity contribution in [2.45, 2.75) is 77.7 Å². The number of unbranched alkanes of at least 4 members (excludes halogenated alkanes) is 7. The zero-order chi connectivity index (χ0) is 14.6. The Kier molecular flexibility index (Phi) is 10.7. The van der Waals surface area contributed by atoms with Gasteiger partial charge in [0.25, 0.3) is 0 Å². The smallest absolute Gasteiger partial charge is 0.0426 e. The van der Waals surface area contributed by atoms with E-state index < -0.39 is 0 Å². The van der Waals surface area contributed by atoms with Crippen LogP contribution in [-0.4, -0.2) is 6.54 Å². The van der Waals surface area contributed by atoms with Gasteiger partial charge in [0, 0.05) is 15.4 Å². The largest absolute Gasteiger partial charge is 0.309 e. The van der Waals surface area contributed by atoms with Crippen LogP contribution >= 0.6 is 27.3 Å². The molecule has 0 radical (unpaired) electrons. The summed E-state index contributed by atoms with van der Waals surface area (Å²) in [6.07, 6.45) is 12.5. The zero-order valence-corrected chi connectivity index (χ0v) is 15.5. The molecule has 0 bridgehead atoms. The molecule has 1 unspecified atom stereocenters. The molecule has 0 amide bonds. The van der Waals surface area contributed by atoms with Gasteiger partial charge in [0.1, 0.15) is 0 Å². The fourth-order valence-corrected chi connectivity index (χ4v) is 4.37. The minimum absolute atomic E-state index is 0.537. The molecule has 20 heavy (non-hydrogen) atoms. The maximum Gasteiger partial charge on any atom is 0.0426 e. The van der Waals surface area contributed by atoms with Crippen molar-refractivity contribution in [1.29, 1.82) is 0 Å². The highest BCUT2D eigenvalue weighted by Crippen LogP contribution is 2.32. The van der Waals surface area contributed by atoms with Crippen molar-refractivity contribution in [3.63, 3.8) is 0 Å². The lowest BCUT2D eigenvalue weighted by Crippen LogP contribution is -2.20. The highest BCUT2D eigenvalue weighted by molar-refractivity contribution is 9.10. The predicted octanol–water partition coefficient (Wildman–Crippen LogP) is 6.69. The molecule has 0 fully saturated rings. The van der Waals surface area contributed by atoms with Crippen molar-refractivity contribution in [3.05, 3.63) is 20.8 Å². The van der Waals surface area contributed by atoms with Crippen LogP contribution in [0.25, 0.3) is 0 Å². The van der Waals surface area contributed by atoms with Crippen molar-refractivity contribution >= 4 is 27.3 Å². The summed E-state index contributed by atoms with van der Waals surface area (Å²) in [5.41, 5.74) is 0. The average Bonchev–Trinajstić information content (AvgIpc) is 2.87. The third-order valence-corrected chi connectivity index (χ3v) is 5.74. The van der Waals surface area contributed by atoms with E-state index in [-0.39, 0.29) is 0 Å². The first-order valence-electron chi connectivity index (χ1n) is 8.25. The average molecular weight is 360 g/mol. The third-order valence-electron chi connectivity index (χ3n) is 3.76. The van der Waals surface area contributed by atoms with Crippen LogP contribution in [0.4, 0.5) is 0 Å². The summed E-state index contributed by atoms with van der Waals surface area (Å²) in [7, 11) is 0. The van der Waals surface area contributed by atoms with E-state index in [4.69, 9.17) is 0 Å². The molecule has 3 heteroatoms. The number of nitrogens with one attached hydrogen (secondary N) is 1. The zero-order valence-electron chi connectivity index (χ0n) is 13.1. The second kappa shape index (κ2) is 11.8. The van der Waals surface area contributed by atoms with E-state index in [1.165, 1.54) is 67.1 Å². The second-order valence-electron chi connectivity index (χ2n) is 5.51. The number of thiophene rings is 1. The van der Waals surface area contributed by atoms with Gasteiger partial charge in [-0.1, -0.05) is 65.2 Å². The quantitative estimate of drug-likeness (QED) is 0.409. The minimum Gasteiger partial charge on any atom is -0.309 e. The van der Waals surface area contributed by atoms with Crippen molar-refractivity contribution in [2.75, 3.05) is 6.54 Å². The van der Waals surface area contributed by atoms with Crippen LogP contribution in [0.3, 0.4) is 0 Å². The maximum absolute atomic E-state index is 3.67. The van der Waals surface area contributed by atoms with Crippen LogP contribution in [0, 0.1) is 0 Å². The lowest BCUT2D eigenvalue weighted by Gasteiger charge is -2.17. The Morgan fingerprint density at radius 1 is 1.05 bits per heavy atom. The summed E-state index contributed by atoms with van der Waals surface area (Å²) >= 11 is 5.53. The van der Waals surface area contributed by atoms with Gasteiger partial charge >= 0.3 is 0 Å². The summed E-state index contributed by atoms with van der Waals surface area (Å²) in [4.78, 5) is 1.47. The summed E-state index contributed by atoms with van der Waals surface area (Å²) < 4.78 is 1.27. The van der Waals surface area contributed by atoms with E-state index in [2.05, 4.69) is 46.5 Å².